The highest BCUT2D eigenvalue weighted by Gasteiger charge is 2.19. The summed E-state index contributed by atoms with van der Waals surface area (Å²) in [6.07, 6.45) is 5.09. The second-order valence-electron chi connectivity index (χ2n) is 6.64. The molecule has 26 heavy (non-hydrogen) atoms. The summed E-state index contributed by atoms with van der Waals surface area (Å²) < 4.78 is 0. The molecule has 0 amide bonds. The average Bonchev–Trinajstić information content (AvgIpc) is 3.20. The van der Waals surface area contributed by atoms with Crippen molar-refractivity contribution in [3.63, 3.8) is 0 Å². The molecule has 3 rings (SSSR count). The van der Waals surface area contributed by atoms with Gasteiger partial charge in [-0.05, 0) is 45.8 Å². The fourth-order valence-electron chi connectivity index (χ4n) is 2.57. The van der Waals surface area contributed by atoms with Crippen LogP contribution in [0.1, 0.15) is 51.6 Å². The molecule has 0 aliphatic carbocycles. The highest BCUT2D eigenvalue weighted by Crippen LogP contribution is 2.33. The summed E-state index contributed by atoms with van der Waals surface area (Å²) in [6.45, 7) is 8.16. The van der Waals surface area contributed by atoms with Gasteiger partial charge in [-0.25, -0.2) is 9.97 Å². The number of benzene rings is 1. The van der Waals surface area contributed by atoms with Crippen LogP contribution in [0.3, 0.4) is 0 Å². The van der Waals surface area contributed by atoms with E-state index in [9.17, 15) is 4.79 Å². The molecule has 0 saturated carbocycles. The van der Waals surface area contributed by atoms with Crippen molar-refractivity contribution in [2.75, 3.05) is 0 Å². The van der Waals surface area contributed by atoms with Crippen LogP contribution in [0.25, 0.3) is 16.1 Å². The van der Waals surface area contributed by atoms with E-state index in [1.807, 2.05) is 33.0 Å². The smallest absolute Gasteiger partial charge is 0.183 e. The van der Waals surface area contributed by atoms with Gasteiger partial charge in [0, 0.05) is 17.5 Å². The molecule has 0 spiro atoms. The molecule has 0 fully saturated rings. The number of ketones is 1. The van der Waals surface area contributed by atoms with Gasteiger partial charge in [0.05, 0.1) is 4.88 Å². The van der Waals surface area contributed by atoms with E-state index in [-0.39, 0.29) is 5.78 Å². The van der Waals surface area contributed by atoms with Crippen molar-refractivity contribution in [3.05, 3.63) is 62.6 Å². The number of aryl methyl sites for hydroxylation is 3. The largest absolute Gasteiger partial charge is 0.292 e. The van der Waals surface area contributed by atoms with Gasteiger partial charge in [0.2, 0.25) is 0 Å². The van der Waals surface area contributed by atoms with Crippen molar-refractivity contribution >= 4 is 34.5 Å². The van der Waals surface area contributed by atoms with E-state index in [0.717, 1.165) is 31.8 Å². The average molecular weight is 383 g/mol. The third-order valence-corrected chi connectivity index (χ3v) is 5.96. The zero-order valence-corrected chi connectivity index (χ0v) is 17.1. The molecular weight excluding hydrogens is 360 g/mol. The molecule has 0 bridgehead atoms. The summed E-state index contributed by atoms with van der Waals surface area (Å²) in [4.78, 5) is 24.0. The molecule has 134 valence electrons. The number of hydrogen-bond acceptors (Lipinski definition) is 5. The van der Waals surface area contributed by atoms with Crippen molar-refractivity contribution in [1.82, 2.24) is 9.97 Å². The topological polar surface area (TPSA) is 42.9 Å². The zero-order chi connectivity index (χ0) is 18.7. The van der Waals surface area contributed by atoms with Gasteiger partial charge in [-0.2, -0.15) is 0 Å². The first kappa shape index (κ1) is 18.7. The lowest BCUT2D eigenvalue weighted by molar-refractivity contribution is 0.0978. The molecule has 5 heteroatoms. The lowest BCUT2D eigenvalue weighted by Crippen LogP contribution is -2.03. The number of Topliss-reactive ketones (excluding diaryl/α,β-unsaturated/α-hetero) is 1. The first-order chi connectivity index (χ1) is 12.4. The van der Waals surface area contributed by atoms with Crippen molar-refractivity contribution in [3.8, 4) is 10.0 Å². The van der Waals surface area contributed by atoms with Crippen LogP contribution in [0.4, 0.5) is 0 Å². The lowest BCUT2D eigenvalue weighted by Gasteiger charge is -2.02. The molecule has 0 N–H and O–H groups in total. The highest BCUT2D eigenvalue weighted by atomic mass is 32.1. The molecule has 3 nitrogen and oxygen atoms in total. The first-order valence-electron chi connectivity index (χ1n) is 8.59. The van der Waals surface area contributed by atoms with Crippen LogP contribution >= 0.6 is 22.7 Å². The van der Waals surface area contributed by atoms with Crippen molar-refractivity contribution < 1.29 is 4.79 Å². The minimum absolute atomic E-state index is 0.0915. The maximum atomic E-state index is 12.8. The molecule has 0 saturated heterocycles. The van der Waals surface area contributed by atoms with Crippen LogP contribution in [0.5, 0.6) is 0 Å². The summed E-state index contributed by atoms with van der Waals surface area (Å²) in [5.41, 5.74) is 4.14. The van der Waals surface area contributed by atoms with E-state index < -0.39 is 0 Å². The third kappa shape index (κ3) is 4.54. The summed E-state index contributed by atoms with van der Waals surface area (Å²) in [6, 6.07) is 8.34. The van der Waals surface area contributed by atoms with Gasteiger partial charge in [-0.15, -0.1) is 22.7 Å². The van der Waals surface area contributed by atoms with E-state index >= 15 is 0 Å². The molecule has 0 unspecified atom stereocenters. The number of carbonyl (C=O) groups excluding carboxylic acids is 1. The minimum atomic E-state index is 0.0915. The predicted molar refractivity (Wildman–Crippen MR) is 111 cm³/mol. The Morgan fingerprint density at radius 1 is 1.08 bits per heavy atom. The maximum absolute atomic E-state index is 12.8. The number of hydrogen-bond donors (Lipinski definition) is 0. The first-order valence-corrected chi connectivity index (χ1v) is 10.2. The molecule has 2 heterocycles. The maximum Gasteiger partial charge on any atom is 0.183 e. The molecule has 3 aromatic rings. The number of nitrogens with zero attached hydrogens (tertiary/aromatic N) is 2. The van der Waals surface area contributed by atoms with Gasteiger partial charge in [0.1, 0.15) is 5.69 Å². The predicted octanol–water partition coefficient (Wildman–Crippen LogP) is 6.12. The van der Waals surface area contributed by atoms with E-state index in [1.54, 1.807) is 22.7 Å². The van der Waals surface area contributed by atoms with Crippen LogP contribution in [-0.4, -0.2) is 15.8 Å². The number of carbonyl (C=O) groups is 1. The van der Waals surface area contributed by atoms with E-state index in [4.69, 9.17) is 0 Å². The summed E-state index contributed by atoms with van der Waals surface area (Å²) in [5.74, 6) is 0.0915. The lowest BCUT2D eigenvalue weighted by atomic mass is 10.0. The number of rotatable bonds is 6. The summed E-state index contributed by atoms with van der Waals surface area (Å²) in [5, 5.41) is 1.71. The fourth-order valence-corrected chi connectivity index (χ4v) is 4.50. The summed E-state index contributed by atoms with van der Waals surface area (Å²) >= 11 is 3.16. The third-order valence-electron chi connectivity index (χ3n) is 3.90. The van der Waals surface area contributed by atoms with Crippen LogP contribution in [0.2, 0.25) is 0 Å². The summed E-state index contributed by atoms with van der Waals surface area (Å²) in [7, 11) is 0. The van der Waals surface area contributed by atoms with Crippen LogP contribution < -0.4 is 0 Å². The molecule has 2 aromatic heterocycles. The van der Waals surface area contributed by atoms with Gasteiger partial charge in [-0.3, -0.25) is 4.79 Å². The Bertz CT molecular complexity index is 945. The standard InChI is InChI=1S/C21H22N2OS2/c1-13(2)11-18-19(23-21(26-18)20-22-12-15(4)25-20)17(24)10-9-16-7-5-14(3)6-8-16/h5-8,11-12H,9-10H2,1-4H3. The second-order valence-corrected chi connectivity index (χ2v) is 8.90. The number of thiazole rings is 2. The highest BCUT2D eigenvalue weighted by molar-refractivity contribution is 7.22. The van der Waals surface area contributed by atoms with Gasteiger partial charge in [-0.1, -0.05) is 35.4 Å². The molecule has 0 aliphatic heterocycles. The van der Waals surface area contributed by atoms with E-state index in [1.165, 1.54) is 11.1 Å². The Balaban J connectivity index is 1.84. The Morgan fingerprint density at radius 2 is 1.81 bits per heavy atom. The van der Waals surface area contributed by atoms with Crippen molar-refractivity contribution in [2.24, 2.45) is 0 Å². The Hall–Kier alpha value is -2.11. The Labute approximate surface area is 162 Å². The van der Waals surface area contributed by atoms with E-state index in [0.29, 0.717) is 12.1 Å². The molecule has 0 aliphatic rings. The Kier molecular flexibility index (Phi) is 5.79. The normalized spacial score (nSPS) is 10.8. The zero-order valence-electron chi connectivity index (χ0n) is 15.5. The number of aromatic nitrogens is 2. The van der Waals surface area contributed by atoms with Gasteiger partial charge < -0.3 is 0 Å². The molecule has 0 radical (unpaired) electrons. The molecule has 1 aromatic carbocycles. The fraction of sp³-hybridized carbons (Fsp3) is 0.286. The quantitative estimate of drug-likeness (QED) is 0.482. The monoisotopic (exact) mass is 382 g/mol. The number of allylic oxidation sites excluding steroid dienone is 1. The molecule has 0 atom stereocenters. The van der Waals surface area contributed by atoms with Crippen molar-refractivity contribution in [2.45, 2.75) is 40.5 Å². The Morgan fingerprint density at radius 3 is 2.42 bits per heavy atom. The van der Waals surface area contributed by atoms with Crippen LogP contribution in [0, 0.1) is 13.8 Å². The van der Waals surface area contributed by atoms with E-state index in [2.05, 4.69) is 41.2 Å². The van der Waals surface area contributed by atoms with Crippen molar-refractivity contribution in [1.29, 1.82) is 0 Å². The van der Waals surface area contributed by atoms with Gasteiger partial charge >= 0.3 is 0 Å². The van der Waals surface area contributed by atoms with Crippen LogP contribution in [0.15, 0.2) is 36.0 Å². The van der Waals surface area contributed by atoms with Gasteiger partial charge in [0.25, 0.3) is 0 Å². The van der Waals surface area contributed by atoms with Gasteiger partial charge in [0.15, 0.2) is 15.8 Å². The SMILES string of the molecule is CC(C)=Cc1sc(-c2ncc(C)s2)nc1C(=O)CCc1ccc(C)cc1. The minimum Gasteiger partial charge on any atom is -0.292 e. The molecular formula is C21H22N2OS2. The second kappa shape index (κ2) is 8.06. The van der Waals surface area contributed by atoms with Crippen LogP contribution in [-0.2, 0) is 6.42 Å².